The molecular weight excluding hydrogens is 512 g/mol. The summed E-state index contributed by atoms with van der Waals surface area (Å²) in [6.07, 6.45) is 3.49. The normalized spacial score (nSPS) is 28.0. The van der Waals surface area contributed by atoms with Crippen LogP contribution in [0.3, 0.4) is 0 Å². The first kappa shape index (κ1) is 25.7. The summed E-state index contributed by atoms with van der Waals surface area (Å²) in [6, 6.07) is 16.4. The van der Waals surface area contributed by atoms with Gasteiger partial charge in [-0.2, -0.15) is 0 Å². The van der Waals surface area contributed by atoms with Crippen molar-refractivity contribution in [3.8, 4) is 0 Å². The lowest BCUT2D eigenvalue weighted by Gasteiger charge is -2.33. The number of anilines is 2. The van der Waals surface area contributed by atoms with E-state index in [1.165, 1.54) is 11.8 Å². The lowest BCUT2D eigenvalue weighted by Crippen LogP contribution is -2.55. The highest BCUT2D eigenvalue weighted by molar-refractivity contribution is 6.12. The highest BCUT2D eigenvalue weighted by Crippen LogP contribution is 2.60. The molecule has 2 fully saturated rings. The summed E-state index contributed by atoms with van der Waals surface area (Å²) in [6.45, 7) is 5.11. The zero-order valence-electron chi connectivity index (χ0n) is 22.2. The molecule has 6 rings (SSSR count). The Morgan fingerprint density at radius 1 is 1.02 bits per heavy atom. The summed E-state index contributed by atoms with van der Waals surface area (Å²) in [5.74, 6) is -2.73. The van der Waals surface area contributed by atoms with Crippen molar-refractivity contribution in [1.29, 1.82) is 0 Å². The zero-order chi connectivity index (χ0) is 28.2. The largest absolute Gasteiger partial charge is 0.360 e. The zero-order valence-corrected chi connectivity index (χ0v) is 22.2. The molecule has 1 aromatic heterocycles. The Labute approximate surface area is 230 Å². The molecule has 0 saturated carbocycles. The average molecular weight is 541 g/mol. The SMILES string of the molecule is CC(=O)c1cccc(N2C(=O)C3C(C(=O)Nc4cc(C)on4)C4(C)C=CC3(O4)C2C(=O)NCc2ccccc2)c1. The van der Waals surface area contributed by atoms with Crippen molar-refractivity contribution in [2.24, 2.45) is 11.8 Å². The first-order chi connectivity index (χ1) is 19.1. The molecule has 204 valence electrons. The van der Waals surface area contributed by atoms with Gasteiger partial charge < -0.3 is 19.9 Å². The molecule has 3 aliphatic heterocycles. The van der Waals surface area contributed by atoms with Gasteiger partial charge in [0.1, 0.15) is 17.4 Å². The van der Waals surface area contributed by atoms with Gasteiger partial charge in [0.05, 0.1) is 17.4 Å². The number of aromatic nitrogens is 1. The van der Waals surface area contributed by atoms with Crippen LogP contribution < -0.4 is 15.5 Å². The summed E-state index contributed by atoms with van der Waals surface area (Å²) in [4.78, 5) is 55.4. The standard InChI is InChI=1S/C30H28N4O6/c1-17-14-22(33-39-17)32-26(36)23-24-28(38)34(21-11-7-10-20(15-21)18(2)35)25(30(24)13-12-29(23,3)40-30)27(37)31-16-19-8-5-4-6-9-19/h4-15,23-25H,16H2,1-3H3,(H,31,37)(H,32,33,36). The van der Waals surface area contributed by atoms with Crippen molar-refractivity contribution in [1.82, 2.24) is 10.5 Å². The first-order valence-electron chi connectivity index (χ1n) is 13.0. The summed E-state index contributed by atoms with van der Waals surface area (Å²) in [5, 5.41) is 9.53. The molecule has 10 nitrogen and oxygen atoms in total. The van der Waals surface area contributed by atoms with Crippen molar-refractivity contribution in [2.45, 2.75) is 44.6 Å². The molecule has 2 aromatic carbocycles. The molecule has 5 atom stereocenters. The Kier molecular flexibility index (Phi) is 5.95. The van der Waals surface area contributed by atoms with Crippen LogP contribution in [0.25, 0.3) is 0 Å². The van der Waals surface area contributed by atoms with Crippen molar-refractivity contribution < 1.29 is 28.4 Å². The van der Waals surface area contributed by atoms with Gasteiger partial charge in [0, 0.05) is 23.9 Å². The van der Waals surface area contributed by atoms with E-state index >= 15 is 0 Å². The molecule has 3 aliphatic rings. The first-order valence-corrected chi connectivity index (χ1v) is 13.0. The maximum Gasteiger partial charge on any atom is 0.246 e. The summed E-state index contributed by atoms with van der Waals surface area (Å²) < 4.78 is 11.6. The predicted octanol–water partition coefficient (Wildman–Crippen LogP) is 3.19. The van der Waals surface area contributed by atoms with Crippen LogP contribution in [0.4, 0.5) is 11.5 Å². The molecule has 0 aliphatic carbocycles. The number of Topliss-reactive ketones (excluding diaryl/α,β-unsaturated/α-hetero) is 1. The lowest BCUT2D eigenvalue weighted by molar-refractivity contribution is -0.131. The van der Waals surface area contributed by atoms with Gasteiger partial charge in [-0.1, -0.05) is 59.8 Å². The van der Waals surface area contributed by atoms with E-state index in [4.69, 9.17) is 9.26 Å². The fourth-order valence-electron chi connectivity index (χ4n) is 6.20. The maximum absolute atomic E-state index is 14.3. The van der Waals surface area contributed by atoms with Crippen LogP contribution in [0.2, 0.25) is 0 Å². The highest BCUT2D eigenvalue weighted by atomic mass is 16.5. The van der Waals surface area contributed by atoms with Gasteiger partial charge in [-0.3, -0.25) is 24.1 Å². The second-order valence-electron chi connectivity index (χ2n) is 10.7. The van der Waals surface area contributed by atoms with Crippen LogP contribution in [-0.2, 0) is 25.7 Å². The van der Waals surface area contributed by atoms with Gasteiger partial charge in [-0.05, 0) is 38.5 Å². The molecule has 3 amide bonds. The quantitative estimate of drug-likeness (QED) is 0.348. The van der Waals surface area contributed by atoms with E-state index in [2.05, 4.69) is 15.8 Å². The second kappa shape index (κ2) is 9.27. The smallest absolute Gasteiger partial charge is 0.246 e. The van der Waals surface area contributed by atoms with E-state index < -0.39 is 46.8 Å². The number of benzene rings is 2. The van der Waals surface area contributed by atoms with E-state index in [1.54, 1.807) is 56.3 Å². The minimum Gasteiger partial charge on any atom is -0.360 e. The predicted molar refractivity (Wildman–Crippen MR) is 144 cm³/mol. The number of nitrogens with zero attached hydrogens (tertiary/aromatic N) is 2. The maximum atomic E-state index is 14.3. The Balaban J connectivity index is 1.41. The number of carbonyl (C=O) groups excluding carboxylic acids is 4. The molecule has 2 bridgehead atoms. The van der Waals surface area contributed by atoms with E-state index in [0.717, 1.165) is 5.56 Å². The molecule has 0 radical (unpaired) electrons. The van der Waals surface area contributed by atoms with Crippen LogP contribution in [0.5, 0.6) is 0 Å². The van der Waals surface area contributed by atoms with E-state index in [0.29, 0.717) is 17.0 Å². The fourth-order valence-corrected chi connectivity index (χ4v) is 6.20. The molecule has 10 heteroatoms. The van der Waals surface area contributed by atoms with Crippen LogP contribution in [0, 0.1) is 18.8 Å². The number of hydrogen-bond acceptors (Lipinski definition) is 7. The molecule has 2 N–H and O–H groups in total. The third kappa shape index (κ3) is 3.94. The Bertz CT molecular complexity index is 1560. The Morgan fingerprint density at radius 3 is 2.50 bits per heavy atom. The fraction of sp³-hybridized carbons (Fsp3) is 0.300. The van der Waals surface area contributed by atoms with Crippen LogP contribution >= 0.6 is 0 Å². The number of aryl methyl sites for hydroxylation is 1. The number of fused-ring (bicyclic) bond motifs is 1. The number of rotatable bonds is 7. The monoisotopic (exact) mass is 540 g/mol. The average Bonchev–Trinajstić information content (AvgIpc) is 3.64. The summed E-state index contributed by atoms with van der Waals surface area (Å²) in [7, 11) is 0. The van der Waals surface area contributed by atoms with E-state index in [1.807, 2.05) is 30.3 Å². The van der Waals surface area contributed by atoms with Crippen molar-refractivity contribution >= 4 is 35.0 Å². The molecular formula is C30H28N4O6. The Morgan fingerprint density at radius 2 is 1.80 bits per heavy atom. The second-order valence-corrected chi connectivity index (χ2v) is 10.7. The minimum atomic E-state index is -1.40. The van der Waals surface area contributed by atoms with Gasteiger partial charge in [0.25, 0.3) is 0 Å². The number of ketones is 1. The third-order valence-electron chi connectivity index (χ3n) is 7.95. The minimum absolute atomic E-state index is 0.179. The molecule has 2 saturated heterocycles. The van der Waals surface area contributed by atoms with Crippen molar-refractivity contribution in [3.63, 3.8) is 0 Å². The van der Waals surface area contributed by atoms with E-state index in [-0.39, 0.29) is 18.1 Å². The molecule has 40 heavy (non-hydrogen) atoms. The number of amides is 3. The molecule has 4 heterocycles. The van der Waals surface area contributed by atoms with Gasteiger partial charge in [0.15, 0.2) is 11.6 Å². The number of carbonyl (C=O) groups is 4. The number of hydrogen-bond donors (Lipinski definition) is 2. The summed E-state index contributed by atoms with van der Waals surface area (Å²) >= 11 is 0. The van der Waals surface area contributed by atoms with E-state index in [9.17, 15) is 19.2 Å². The van der Waals surface area contributed by atoms with Gasteiger partial charge in [-0.15, -0.1) is 0 Å². The van der Waals surface area contributed by atoms with Gasteiger partial charge >= 0.3 is 0 Å². The van der Waals surface area contributed by atoms with Crippen molar-refractivity contribution in [2.75, 3.05) is 10.2 Å². The van der Waals surface area contributed by atoms with Crippen LogP contribution in [0.1, 0.15) is 35.5 Å². The molecule has 1 spiro atoms. The molecule has 3 aromatic rings. The van der Waals surface area contributed by atoms with Gasteiger partial charge in [0.2, 0.25) is 17.7 Å². The van der Waals surface area contributed by atoms with Crippen molar-refractivity contribution in [3.05, 3.63) is 89.7 Å². The number of nitrogens with one attached hydrogen (secondary N) is 2. The van der Waals surface area contributed by atoms with Crippen LogP contribution in [0.15, 0.2) is 77.3 Å². The lowest BCUT2D eigenvalue weighted by atomic mass is 9.70. The highest BCUT2D eigenvalue weighted by Gasteiger charge is 2.76. The number of ether oxygens (including phenoxy) is 1. The van der Waals surface area contributed by atoms with Crippen LogP contribution in [-0.4, -0.2) is 45.9 Å². The van der Waals surface area contributed by atoms with Gasteiger partial charge in [-0.25, -0.2) is 0 Å². The Hall–Kier alpha value is -4.57. The third-order valence-corrected chi connectivity index (χ3v) is 7.95. The molecule has 5 unspecified atom stereocenters. The summed E-state index contributed by atoms with van der Waals surface area (Å²) in [5.41, 5.74) is -0.877. The topological polar surface area (TPSA) is 131 Å².